The van der Waals surface area contributed by atoms with Crippen LogP contribution >= 0.6 is 11.6 Å². The first kappa shape index (κ1) is 12.7. The smallest absolute Gasteiger partial charge is 0.159 e. The summed E-state index contributed by atoms with van der Waals surface area (Å²) in [5, 5.41) is 6.53. The van der Waals surface area contributed by atoms with Gasteiger partial charge in [0.05, 0.1) is 22.1 Å². The molecule has 0 aliphatic carbocycles. The molecule has 0 saturated carbocycles. The zero-order valence-electron chi connectivity index (χ0n) is 10.6. The van der Waals surface area contributed by atoms with Crippen molar-refractivity contribution in [3.05, 3.63) is 29.4 Å². The average Bonchev–Trinajstić information content (AvgIpc) is 2.81. The van der Waals surface area contributed by atoms with Crippen LogP contribution < -0.4 is 0 Å². The van der Waals surface area contributed by atoms with Crippen LogP contribution in [0.4, 0.5) is 0 Å². The minimum Gasteiger partial charge on any atom is -0.612 e. The predicted octanol–water partition coefficient (Wildman–Crippen LogP) is 3.00. The van der Waals surface area contributed by atoms with Gasteiger partial charge in [0.1, 0.15) is 6.26 Å². The van der Waals surface area contributed by atoms with Gasteiger partial charge >= 0.3 is 0 Å². The second-order valence-corrected chi connectivity index (χ2v) is 6.01. The molecule has 4 nitrogen and oxygen atoms in total. The molecule has 0 spiro atoms. The largest absolute Gasteiger partial charge is 0.612 e. The highest BCUT2D eigenvalue weighted by Crippen LogP contribution is 2.31. The van der Waals surface area contributed by atoms with Gasteiger partial charge in [-0.15, -0.1) is 0 Å². The van der Waals surface area contributed by atoms with Gasteiger partial charge in [0, 0.05) is 18.0 Å². The van der Waals surface area contributed by atoms with Gasteiger partial charge in [-0.05, 0) is 30.2 Å². The maximum absolute atomic E-state index is 11.5. The standard InChI is InChI=1S/C13H12ClN3OS/c1-3-17-13-10(7-15-17)12(14)9-6-8(19(2)18)4-5-11(9)16-13/h4-7H,3H2,1-2H3. The molecule has 6 heteroatoms. The lowest BCUT2D eigenvalue weighted by Gasteiger charge is -2.07. The van der Waals surface area contributed by atoms with Crippen LogP contribution in [0.1, 0.15) is 6.92 Å². The van der Waals surface area contributed by atoms with Crippen LogP contribution in [0.15, 0.2) is 29.3 Å². The molecule has 0 radical (unpaired) electrons. The second kappa shape index (κ2) is 4.67. The summed E-state index contributed by atoms with van der Waals surface area (Å²) in [6, 6.07) is 5.51. The summed E-state index contributed by atoms with van der Waals surface area (Å²) < 4.78 is 13.4. The lowest BCUT2D eigenvalue weighted by Crippen LogP contribution is -1.99. The SMILES string of the molecule is CCn1ncc2c(Cl)c3cc([S+](C)[O-])ccc3nc21. The normalized spacial score (nSPS) is 13.3. The monoisotopic (exact) mass is 293 g/mol. The average molecular weight is 294 g/mol. The number of hydrogen-bond acceptors (Lipinski definition) is 3. The predicted molar refractivity (Wildman–Crippen MR) is 78.1 cm³/mol. The molecule has 3 aromatic rings. The molecular formula is C13H12ClN3OS. The molecule has 2 heterocycles. The summed E-state index contributed by atoms with van der Waals surface area (Å²) in [7, 11) is 0. The molecule has 1 aromatic carbocycles. The van der Waals surface area contributed by atoms with Gasteiger partial charge in [0.2, 0.25) is 0 Å². The van der Waals surface area contributed by atoms with E-state index in [4.69, 9.17) is 11.6 Å². The summed E-state index contributed by atoms with van der Waals surface area (Å²) in [6.07, 6.45) is 3.37. The number of rotatable bonds is 2. The Morgan fingerprint density at radius 1 is 1.37 bits per heavy atom. The van der Waals surface area contributed by atoms with Crippen molar-refractivity contribution in [2.45, 2.75) is 18.4 Å². The van der Waals surface area contributed by atoms with Gasteiger partial charge in [-0.2, -0.15) is 5.10 Å². The number of pyridine rings is 1. The quantitative estimate of drug-likeness (QED) is 0.683. The van der Waals surface area contributed by atoms with Crippen LogP contribution in [0.3, 0.4) is 0 Å². The first-order chi connectivity index (χ1) is 9.11. The molecular weight excluding hydrogens is 282 g/mol. The van der Waals surface area contributed by atoms with E-state index in [9.17, 15) is 4.55 Å². The van der Waals surface area contributed by atoms with Crippen LogP contribution in [-0.2, 0) is 17.7 Å². The molecule has 0 saturated heterocycles. The van der Waals surface area contributed by atoms with Gasteiger partial charge in [0.25, 0.3) is 0 Å². The number of halogens is 1. The molecule has 3 rings (SSSR count). The summed E-state index contributed by atoms with van der Waals surface area (Å²) in [4.78, 5) is 5.34. The number of benzene rings is 1. The third kappa shape index (κ3) is 1.98. The van der Waals surface area contributed by atoms with Crippen LogP contribution in [0.2, 0.25) is 5.02 Å². The van der Waals surface area contributed by atoms with Crippen LogP contribution in [0.25, 0.3) is 21.9 Å². The van der Waals surface area contributed by atoms with Gasteiger partial charge < -0.3 is 4.55 Å². The molecule has 0 bridgehead atoms. The molecule has 1 atom stereocenters. The van der Waals surface area contributed by atoms with Crippen molar-refractivity contribution < 1.29 is 4.55 Å². The minimum absolute atomic E-state index is 0.618. The number of fused-ring (bicyclic) bond motifs is 2. The molecule has 0 N–H and O–H groups in total. The zero-order valence-corrected chi connectivity index (χ0v) is 12.1. The molecule has 98 valence electrons. The Balaban J connectivity index is 2.38. The Labute approximate surface area is 118 Å². The summed E-state index contributed by atoms with van der Waals surface area (Å²) in [6.45, 7) is 2.75. The highest BCUT2D eigenvalue weighted by molar-refractivity contribution is 7.90. The fourth-order valence-electron chi connectivity index (χ4n) is 2.11. The van der Waals surface area contributed by atoms with E-state index in [2.05, 4.69) is 10.1 Å². The highest BCUT2D eigenvalue weighted by Gasteiger charge is 2.14. The van der Waals surface area contributed by atoms with Crippen molar-refractivity contribution in [3.63, 3.8) is 0 Å². The third-order valence-corrected chi connectivity index (χ3v) is 4.44. The highest BCUT2D eigenvalue weighted by atomic mass is 35.5. The third-order valence-electron chi connectivity index (χ3n) is 3.11. The Hall–Kier alpha value is -1.30. The van der Waals surface area contributed by atoms with Crippen molar-refractivity contribution in [1.29, 1.82) is 0 Å². The van der Waals surface area contributed by atoms with Gasteiger partial charge in [0.15, 0.2) is 10.5 Å². The zero-order chi connectivity index (χ0) is 13.6. The van der Waals surface area contributed by atoms with Crippen molar-refractivity contribution in [1.82, 2.24) is 14.8 Å². The number of nitrogens with zero attached hydrogens (tertiary/aromatic N) is 3. The van der Waals surface area contributed by atoms with E-state index in [1.807, 2.05) is 29.8 Å². The van der Waals surface area contributed by atoms with Gasteiger partial charge in [-0.3, -0.25) is 0 Å². The molecule has 19 heavy (non-hydrogen) atoms. The van der Waals surface area contributed by atoms with Crippen molar-refractivity contribution in [2.24, 2.45) is 0 Å². The summed E-state index contributed by atoms with van der Waals surface area (Å²) >= 11 is 5.40. The minimum atomic E-state index is -1.03. The lowest BCUT2D eigenvalue weighted by atomic mass is 10.2. The molecule has 1 unspecified atom stereocenters. The van der Waals surface area contributed by atoms with E-state index >= 15 is 0 Å². The lowest BCUT2D eigenvalue weighted by molar-refractivity contribution is 0.601. The molecule has 0 fully saturated rings. The van der Waals surface area contributed by atoms with E-state index in [1.54, 1.807) is 12.5 Å². The number of aromatic nitrogens is 3. The topological polar surface area (TPSA) is 53.8 Å². The number of hydrogen-bond donors (Lipinski definition) is 0. The fourth-order valence-corrected chi connectivity index (χ4v) is 2.94. The van der Waals surface area contributed by atoms with E-state index in [-0.39, 0.29) is 0 Å². The Morgan fingerprint density at radius 3 is 2.84 bits per heavy atom. The van der Waals surface area contributed by atoms with E-state index in [0.717, 1.165) is 33.4 Å². The van der Waals surface area contributed by atoms with Crippen molar-refractivity contribution in [2.75, 3.05) is 6.26 Å². The van der Waals surface area contributed by atoms with Crippen LogP contribution in [0.5, 0.6) is 0 Å². The Morgan fingerprint density at radius 2 is 2.16 bits per heavy atom. The second-order valence-electron chi connectivity index (χ2n) is 4.26. The summed E-state index contributed by atoms with van der Waals surface area (Å²) in [5.74, 6) is 0. The van der Waals surface area contributed by atoms with Crippen LogP contribution in [-0.4, -0.2) is 25.6 Å². The molecule has 0 aliphatic rings. The maximum Gasteiger partial charge on any atom is 0.159 e. The van der Waals surface area contributed by atoms with E-state index in [0.29, 0.717) is 5.02 Å². The van der Waals surface area contributed by atoms with E-state index in [1.165, 1.54) is 0 Å². The molecule has 2 aromatic heterocycles. The van der Waals surface area contributed by atoms with Crippen LogP contribution in [0, 0.1) is 0 Å². The maximum atomic E-state index is 11.5. The first-order valence-corrected chi connectivity index (χ1v) is 7.83. The van der Waals surface area contributed by atoms with Crippen molar-refractivity contribution >= 4 is 44.7 Å². The fraction of sp³-hybridized carbons (Fsp3) is 0.231. The molecule has 0 amide bonds. The van der Waals surface area contributed by atoms with Gasteiger partial charge in [-0.25, -0.2) is 9.67 Å². The van der Waals surface area contributed by atoms with Gasteiger partial charge in [-0.1, -0.05) is 11.6 Å². The first-order valence-electron chi connectivity index (χ1n) is 5.90. The van der Waals surface area contributed by atoms with Crippen molar-refractivity contribution in [3.8, 4) is 0 Å². The molecule has 0 aliphatic heterocycles. The van der Waals surface area contributed by atoms with E-state index < -0.39 is 11.2 Å². The Bertz CT molecular complexity index is 769. The summed E-state index contributed by atoms with van der Waals surface area (Å²) in [5.41, 5.74) is 1.58. The Kier molecular flexibility index (Phi) is 3.12. The number of aryl methyl sites for hydroxylation is 1.